The lowest BCUT2D eigenvalue weighted by atomic mass is 10.2. The topological polar surface area (TPSA) is 106 Å². The van der Waals surface area contributed by atoms with Crippen LogP contribution in [0, 0.1) is 6.92 Å². The molecule has 0 fully saturated rings. The van der Waals surface area contributed by atoms with Crippen LogP contribution in [0.3, 0.4) is 0 Å². The van der Waals surface area contributed by atoms with Crippen molar-refractivity contribution in [2.24, 2.45) is 0 Å². The van der Waals surface area contributed by atoms with Crippen LogP contribution in [0.2, 0.25) is 0 Å². The maximum Gasteiger partial charge on any atom is 0.270 e. The van der Waals surface area contributed by atoms with E-state index in [-0.39, 0.29) is 0 Å². The quantitative estimate of drug-likeness (QED) is 0.453. The summed E-state index contributed by atoms with van der Waals surface area (Å²) in [4.78, 5) is 29.7. The number of carbonyl (C=O) groups excluding carboxylic acids is 2. The van der Waals surface area contributed by atoms with Gasteiger partial charge in [-0.1, -0.05) is 17.3 Å². The zero-order chi connectivity index (χ0) is 20.6. The summed E-state index contributed by atoms with van der Waals surface area (Å²) in [6.07, 6.45) is 0. The molecule has 0 aliphatic rings. The Hall–Kier alpha value is -3.33. The summed E-state index contributed by atoms with van der Waals surface area (Å²) in [5.74, 6) is 1.33. The first kappa shape index (κ1) is 20.4. The van der Waals surface area contributed by atoms with Crippen LogP contribution in [-0.2, 0) is 5.75 Å². The molecule has 0 unspecified atom stereocenters. The summed E-state index contributed by atoms with van der Waals surface area (Å²) in [5, 5.41) is 3.84. The van der Waals surface area contributed by atoms with E-state index < -0.39 is 11.8 Å². The Morgan fingerprint density at radius 2 is 1.79 bits per heavy atom. The van der Waals surface area contributed by atoms with E-state index in [1.54, 1.807) is 43.3 Å². The van der Waals surface area contributed by atoms with Gasteiger partial charge in [-0.2, -0.15) is 4.98 Å². The Kier molecular flexibility index (Phi) is 6.85. The van der Waals surface area contributed by atoms with Gasteiger partial charge in [0, 0.05) is 17.4 Å². The molecule has 0 atom stereocenters. The first-order chi connectivity index (χ1) is 14.1. The van der Waals surface area contributed by atoms with Gasteiger partial charge in [-0.3, -0.25) is 20.4 Å². The van der Waals surface area contributed by atoms with Gasteiger partial charge in [0.1, 0.15) is 5.75 Å². The van der Waals surface area contributed by atoms with E-state index in [1.807, 2.05) is 19.1 Å². The van der Waals surface area contributed by atoms with Gasteiger partial charge in [0.25, 0.3) is 11.8 Å². The lowest BCUT2D eigenvalue weighted by Gasteiger charge is -2.11. The number of aromatic nitrogens is 2. The Morgan fingerprint density at radius 1 is 1.07 bits per heavy atom. The molecular weight excluding hydrogens is 392 g/mol. The first-order valence-electron chi connectivity index (χ1n) is 8.91. The van der Waals surface area contributed by atoms with E-state index in [4.69, 9.17) is 9.26 Å². The number of hydrazine groups is 1. The molecule has 150 valence electrons. The van der Waals surface area contributed by atoms with Crippen LogP contribution in [0.1, 0.15) is 39.4 Å². The smallest absolute Gasteiger partial charge is 0.270 e. The third-order valence-corrected chi connectivity index (χ3v) is 4.84. The molecule has 2 amide bonds. The lowest BCUT2D eigenvalue weighted by molar-refractivity contribution is 0.0845. The molecule has 3 rings (SSSR count). The van der Waals surface area contributed by atoms with Crippen LogP contribution in [0.25, 0.3) is 0 Å². The van der Waals surface area contributed by atoms with Crippen molar-refractivity contribution in [1.82, 2.24) is 21.0 Å². The maximum absolute atomic E-state index is 12.5. The minimum atomic E-state index is -0.422. The number of thioether (sulfide) groups is 1. The van der Waals surface area contributed by atoms with E-state index in [0.29, 0.717) is 41.0 Å². The highest BCUT2D eigenvalue weighted by Crippen LogP contribution is 2.25. The molecule has 2 aromatic carbocycles. The molecule has 0 aliphatic carbocycles. The second-order valence-corrected chi connectivity index (χ2v) is 6.90. The zero-order valence-corrected chi connectivity index (χ0v) is 16.8. The Morgan fingerprint density at radius 3 is 2.48 bits per heavy atom. The third-order valence-electron chi connectivity index (χ3n) is 3.78. The van der Waals surface area contributed by atoms with E-state index in [0.717, 1.165) is 4.90 Å². The van der Waals surface area contributed by atoms with Crippen molar-refractivity contribution < 1.29 is 18.8 Å². The largest absolute Gasteiger partial charge is 0.494 e. The number of benzene rings is 2. The highest BCUT2D eigenvalue weighted by molar-refractivity contribution is 7.98. The summed E-state index contributed by atoms with van der Waals surface area (Å²) in [5.41, 5.74) is 5.71. The van der Waals surface area contributed by atoms with Gasteiger partial charge in [0.15, 0.2) is 5.82 Å². The molecule has 1 aromatic heterocycles. The predicted molar refractivity (Wildman–Crippen MR) is 108 cm³/mol. The van der Waals surface area contributed by atoms with Crippen LogP contribution >= 0.6 is 11.8 Å². The number of amides is 2. The van der Waals surface area contributed by atoms with Crippen molar-refractivity contribution in [1.29, 1.82) is 0 Å². The standard InChI is InChI=1S/C20H20N4O4S/c1-3-27-15-10-8-14(9-11-15)19(25)22-23-20(26)16-6-4-5-7-17(16)29-12-18-21-13(2)28-24-18/h4-11H,3,12H2,1-2H3,(H,22,25)(H,23,26). The molecule has 0 aliphatic heterocycles. The highest BCUT2D eigenvalue weighted by Gasteiger charge is 2.14. The molecule has 0 saturated heterocycles. The number of aryl methyl sites for hydroxylation is 1. The van der Waals surface area contributed by atoms with Crippen molar-refractivity contribution in [2.75, 3.05) is 6.61 Å². The van der Waals surface area contributed by atoms with Crippen LogP contribution < -0.4 is 15.6 Å². The molecule has 2 N–H and O–H groups in total. The average molecular weight is 412 g/mol. The van der Waals surface area contributed by atoms with E-state index in [2.05, 4.69) is 21.0 Å². The van der Waals surface area contributed by atoms with Gasteiger partial charge in [0.2, 0.25) is 5.89 Å². The van der Waals surface area contributed by atoms with Crippen molar-refractivity contribution in [3.05, 3.63) is 71.4 Å². The number of nitrogens with zero attached hydrogens (tertiary/aromatic N) is 2. The molecular formula is C20H20N4O4S. The predicted octanol–water partition coefficient (Wildman–Crippen LogP) is 3.14. The van der Waals surface area contributed by atoms with Crippen LogP contribution in [0.15, 0.2) is 57.9 Å². The minimum Gasteiger partial charge on any atom is -0.494 e. The Balaban J connectivity index is 1.59. The van der Waals surface area contributed by atoms with Crippen molar-refractivity contribution in [3.8, 4) is 5.75 Å². The molecule has 0 saturated carbocycles. The fourth-order valence-corrected chi connectivity index (χ4v) is 3.34. The highest BCUT2D eigenvalue weighted by atomic mass is 32.2. The summed E-state index contributed by atoms with van der Waals surface area (Å²) in [7, 11) is 0. The number of rotatable bonds is 7. The fourth-order valence-electron chi connectivity index (χ4n) is 2.44. The lowest BCUT2D eigenvalue weighted by Crippen LogP contribution is -2.41. The number of carbonyl (C=O) groups is 2. The molecule has 3 aromatic rings. The van der Waals surface area contributed by atoms with Crippen molar-refractivity contribution in [3.63, 3.8) is 0 Å². The SMILES string of the molecule is CCOc1ccc(C(=O)NNC(=O)c2ccccc2SCc2noc(C)n2)cc1. The second-order valence-electron chi connectivity index (χ2n) is 5.88. The maximum atomic E-state index is 12.5. The van der Waals surface area contributed by atoms with Crippen LogP contribution in [0.5, 0.6) is 5.75 Å². The van der Waals surface area contributed by atoms with Gasteiger partial charge in [-0.15, -0.1) is 11.8 Å². The second kappa shape index (κ2) is 9.74. The number of hydrogen-bond donors (Lipinski definition) is 2. The zero-order valence-electron chi connectivity index (χ0n) is 16.0. The Bertz CT molecular complexity index is 988. The molecule has 1 heterocycles. The van der Waals surface area contributed by atoms with E-state index in [1.165, 1.54) is 11.8 Å². The van der Waals surface area contributed by atoms with Crippen LogP contribution in [0.4, 0.5) is 0 Å². The summed E-state index contributed by atoms with van der Waals surface area (Å²) in [6.45, 7) is 4.15. The van der Waals surface area contributed by atoms with Crippen molar-refractivity contribution >= 4 is 23.6 Å². The third kappa shape index (κ3) is 5.58. The average Bonchev–Trinajstić information content (AvgIpc) is 3.16. The van der Waals surface area contributed by atoms with Gasteiger partial charge in [-0.05, 0) is 43.3 Å². The number of hydrogen-bond acceptors (Lipinski definition) is 7. The summed E-state index contributed by atoms with van der Waals surface area (Å²) >= 11 is 1.41. The summed E-state index contributed by atoms with van der Waals surface area (Å²) in [6, 6.07) is 13.7. The minimum absolute atomic E-state index is 0.406. The Labute approximate surface area is 172 Å². The molecule has 0 bridgehead atoms. The molecule has 0 spiro atoms. The van der Waals surface area contributed by atoms with Crippen LogP contribution in [-0.4, -0.2) is 28.6 Å². The van der Waals surface area contributed by atoms with Gasteiger partial charge in [0.05, 0.1) is 17.9 Å². The van der Waals surface area contributed by atoms with Crippen molar-refractivity contribution in [2.45, 2.75) is 24.5 Å². The molecule has 0 radical (unpaired) electrons. The van der Waals surface area contributed by atoms with Gasteiger partial charge >= 0.3 is 0 Å². The number of nitrogens with one attached hydrogen (secondary N) is 2. The monoisotopic (exact) mass is 412 g/mol. The molecule has 29 heavy (non-hydrogen) atoms. The number of ether oxygens (including phenoxy) is 1. The normalized spacial score (nSPS) is 10.4. The van der Waals surface area contributed by atoms with Gasteiger partial charge in [-0.25, -0.2) is 0 Å². The van der Waals surface area contributed by atoms with E-state index in [9.17, 15) is 9.59 Å². The molecule has 9 heteroatoms. The fraction of sp³-hybridized carbons (Fsp3) is 0.200. The molecule has 8 nitrogen and oxygen atoms in total. The first-order valence-corrected chi connectivity index (χ1v) is 9.90. The summed E-state index contributed by atoms with van der Waals surface area (Å²) < 4.78 is 10.3. The van der Waals surface area contributed by atoms with Gasteiger partial charge < -0.3 is 9.26 Å². The van der Waals surface area contributed by atoms with E-state index >= 15 is 0 Å².